The van der Waals surface area contributed by atoms with E-state index in [-0.39, 0.29) is 0 Å². The van der Waals surface area contributed by atoms with Crippen molar-refractivity contribution in [2.24, 2.45) is 16.8 Å². The Hall–Kier alpha value is -0.770. The molecule has 0 aromatic rings. The van der Waals surface area contributed by atoms with Crippen LogP contribution in [0.2, 0.25) is 0 Å². The molecule has 1 aliphatic rings. The molecule has 0 aromatic heterocycles. The summed E-state index contributed by atoms with van der Waals surface area (Å²) in [5.41, 5.74) is 0. The van der Waals surface area contributed by atoms with Crippen LogP contribution >= 0.6 is 0 Å². The van der Waals surface area contributed by atoms with Gasteiger partial charge in [0.25, 0.3) is 0 Å². The first-order chi connectivity index (χ1) is 10.0. The molecule has 1 heterocycles. The highest BCUT2D eigenvalue weighted by Gasteiger charge is 2.21. The third-order valence-corrected chi connectivity index (χ3v) is 4.15. The molecule has 1 aliphatic heterocycles. The van der Waals surface area contributed by atoms with Crippen LogP contribution in [0.4, 0.5) is 0 Å². The number of piperidine rings is 1. The van der Waals surface area contributed by atoms with Gasteiger partial charge in [-0.1, -0.05) is 13.8 Å². The summed E-state index contributed by atoms with van der Waals surface area (Å²) in [5, 5.41) is 6.81. The number of hydrogen-bond acceptors (Lipinski definition) is 2. The summed E-state index contributed by atoms with van der Waals surface area (Å²) in [6.45, 7) is 16.6. The first-order valence-electron chi connectivity index (χ1n) is 8.79. The van der Waals surface area contributed by atoms with Crippen molar-refractivity contribution in [2.75, 3.05) is 32.7 Å². The van der Waals surface area contributed by atoms with Crippen molar-refractivity contribution in [3.63, 3.8) is 0 Å². The molecule has 21 heavy (non-hydrogen) atoms. The molecule has 0 bridgehead atoms. The van der Waals surface area contributed by atoms with Gasteiger partial charge in [0.15, 0.2) is 5.96 Å². The van der Waals surface area contributed by atoms with Crippen LogP contribution in [0.3, 0.4) is 0 Å². The largest absolute Gasteiger partial charge is 0.357 e. The second-order valence-electron chi connectivity index (χ2n) is 6.93. The monoisotopic (exact) mass is 296 g/mol. The molecule has 124 valence electrons. The second-order valence-corrected chi connectivity index (χ2v) is 6.93. The van der Waals surface area contributed by atoms with Crippen LogP contribution in [-0.2, 0) is 0 Å². The van der Waals surface area contributed by atoms with E-state index in [9.17, 15) is 0 Å². The highest BCUT2D eigenvalue weighted by atomic mass is 15.2. The molecule has 1 rings (SSSR count). The first-order valence-corrected chi connectivity index (χ1v) is 8.79. The van der Waals surface area contributed by atoms with Crippen molar-refractivity contribution in [2.45, 2.75) is 59.9 Å². The zero-order valence-corrected chi connectivity index (χ0v) is 14.8. The minimum Gasteiger partial charge on any atom is -0.357 e. The summed E-state index contributed by atoms with van der Waals surface area (Å²) in [7, 11) is 0. The number of rotatable bonds is 7. The molecule has 4 nitrogen and oxygen atoms in total. The molecule has 0 amide bonds. The van der Waals surface area contributed by atoms with Gasteiger partial charge < -0.3 is 15.5 Å². The Balaban J connectivity index is 2.41. The Morgan fingerprint density at radius 1 is 1.24 bits per heavy atom. The van der Waals surface area contributed by atoms with Gasteiger partial charge in [-0.15, -0.1) is 0 Å². The number of likely N-dealkylation sites (tertiary alicyclic amines) is 1. The van der Waals surface area contributed by atoms with Crippen LogP contribution in [0.5, 0.6) is 0 Å². The molecule has 0 aromatic carbocycles. The van der Waals surface area contributed by atoms with E-state index < -0.39 is 0 Å². The number of guanidine groups is 1. The number of nitrogens with one attached hydrogen (secondary N) is 2. The number of aliphatic imine (C=N–C) groups is 1. The lowest BCUT2D eigenvalue weighted by Crippen LogP contribution is -2.42. The van der Waals surface area contributed by atoms with Crippen molar-refractivity contribution >= 4 is 5.96 Å². The quantitative estimate of drug-likeness (QED) is 0.560. The Morgan fingerprint density at radius 3 is 2.62 bits per heavy atom. The number of nitrogens with zero attached hydrogens (tertiary/aromatic N) is 2. The van der Waals surface area contributed by atoms with E-state index >= 15 is 0 Å². The van der Waals surface area contributed by atoms with Crippen molar-refractivity contribution in [3.8, 4) is 0 Å². The van der Waals surface area contributed by atoms with Crippen LogP contribution in [0.15, 0.2) is 4.99 Å². The van der Waals surface area contributed by atoms with Crippen LogP contribution in [-0.4, -0.2) is 49.6 Å². The fraction of sp³-hybridized carbons (Fsp3) is 0.941. The maximum Gasteiger partial charge on any atom is 0.191 e. The van der Waals surface area contributed by atoms with E-state index in [2.05, 4.69) is 50.2 Å². The highest BCUT2D eigenvalue weighted by Crippen LogP contribution is 2.18. The molecular formula is C17H36N4. The molecule has 0 spiro atoms. The molecule has 0 radical (unpaired) electrons. The predicted octanol–water partition coefficient (Wildman–Crippen LogP) is 2.71. The molecule has 2 N–H and O–H groups in total. The Morgan fingerprint density at radius 2 is 2.00 bits per heavy atom. The van der Waals surface area contributed by atoms with Gasteiger partial charge in [0.2, 0.25) is 0 Å². The standard InChI is InChI=1S/C17H36N4/c1-6-18-17(19-10-9-14(2)3)20-12-16-8-7-11-21(13-16)15(4)5/h14-16H,6-13H2,1-5H3,(H2,18,19,20). The first kappa shape index (κ1) is 18.3. The van der Waals surface area contributed by atoms with Gasteiger partial charge in [0.05, 0.1) is 0 Å². The third-order valence-electron chi connectivity index (χ3n) is 4.15. The van der Waals surface area contributed by atoms with Gasteiger partial charge >= 0.3 is 0 Å². The molecule has 1 unspecified atom stereocenters. The summed E-state index contributed by atoms with van der Waals surface area (Å²) in [6, 6.07) is 0.661. The van der Waals surface area contributed by atoms with Crippen LogP contribution in [0, 0.1) is 11.8 Å². The summed E-state index contributed by atoms with van der Waals surface area (Å²) in [4.78, 5) is 7.38. The summed E-state index contributed by atoms with van der Waals surface area (Å²) >= 11 is 0. The predicted molar refractivity (Wildman–Crippen MR) is 92.9 cm³/mol. The minimum atomic E-state index is 0.661. The smallest absolute Gasteiger partial charge is 0.191 e. The molecular weight excluding hydrogens is 260 g/mol. The molecule has 1 fully saturated rings. The van der Waals surface area contributed by atoms with Crippen LogP contribution in [0.1, 0.15) is 53.9 Å². The van der Waals surface area contributed by atoms with Crippen molar-refractivity contribution < 1.29 is 0 Å². The lowest BCUT2D eigenvalue weighted by molar-refractivity contribution is 0.143. The maximum absolute atomic E-state index is 4.80. The summed E-state index contributed by atoms with van der Waals surface area (Å²) < 4.78 is 0. The zero-order valence-electron chi connectivity index (χ0n) is 14.8. The van der Waals surface area contributed by atoms with E-state index in [0.29, 0.717) is 12.0 Å². The van der Waals surface area contributed by atoms with Crippen molar-refractivity contribution in [3.05, 3.63) is 0 Å². The van der Waals surface area contributed by atoms with Gasteiger partial charge in [-0.05, 0) is 58.4 Å². The fourth-order valence-corrected chi connectivity index (χ4v) is 2.76. The van der Waals surface area contributed by atoms with Gasteiger partial charge in [0.1, 0.15) is 0 Å². The highest BCUT2D eigenvalue weighted by molar-refractivity contribution is 5.79. The average Bonchev–Trinajstić information content (AvgIpc) is 2.44. The Bertz CT molecular complexity index is 299. The molecule has 1 saturated heterocycles. The van der Waals surface area contributed by atoms with E-state index in [1.165, 1.54) is 32.4 Å². The Labute approximate surface area is 131 Å². The SMILES string of the molecule is CCNC(=NCC1CCCN(C(C)C)C1)NCCC(C)C. The van der Waals surface area contributed by atoms with E-state index in [0.717, 1.165) is 31.5 Å². The fourth-order valence-electron chi connectivity index (χ4n) is 2.76. The van der Waals surface area contributed by atoms with Gasteiger partial charge in [-0.3, -0.25) is 4.99 Å². The van der Waals surface area contributed by atoms with Gasteiger partial charge in [-0.25, -0.2) is 0 Å². The van der Waals surface area contributed by atoms with Gasteiger partial charge in [0, 0.05) is 32.2 Å². The lowest BCUT2D eigenvalue weighted by atomic mass is 9.97. The minimum absolute atomic E-state index is 0.661. The lowest BCUT2D eigenvalue weighted by Gasteiger charge is -2.34. The van der Waals surface area contributed by atoms with Crippen LogP contribution in [0.25, 0.3) is 0 Å². The molecule has 0 saturated carbocycles. The average molecular weight is 297 g/mol. The van der Waals surface area contributed by atoms with E-state index in [4.69, 9.17) is 4.99 Å². The second kappa shape index (κ2) is 10.0. The topological polar surface area (TPSA) is 39.7 Å². The van der Waals surface area contributed by atoms with Gasteiger partial charge in [-0.2, -0.15) is 0 Å². The van der Waals surface area contributed by atoms with Crippen LogP contribution < -0.4 is 10.6 Å². The third kappa shape index (κ3) is 7.70. The summed E-state index contributed by atoms with van der Waals surface area (Å²) in [5.74, 6) is 2.43. The molecule has 1 atom stereocenters. The van der Waals surface area contributed by atoms with E-state index in [1.54, 1.807) is 0 Å². The normalized spacial score (nSPS) is 21.1. The van der Waals surface area contributed by atoms with Crippen molar-refractivity contribution in [1.29, 1.82) is 0 Å². The maximum atomic E-state index is 4.80. The van der Waals surface area contributed by atoms with E-state index in [1.807, 2.05) is 0 Å². The number of hydrogen-bond donors (Lipinski definition) is 2. The zero-order chi connectivity index (χ0) is 15.7. The molecule has 4 heteroatoms. The summed E-state index contributed by atoms with van der Waals surface area (Å²) in [6.07, 6.45) is 3.82. The van der Waals surface area contributed by atoms with Crippen molar-refractivity contribution in [1.82, 2.24) is 15.5 Å². The Kier molecular flexibility index (Phi) is 8.74. The molecule has 0 aliphatic carbocycles.